The zero-order valence-electron chi connectivity index (χ0n) is 13.4. The van der Waals surface area contributed by atoms with Gasteiger partial charge in [-0.1, -0.05) is 12.1 Å². The second-order valence-electron chi connectivity index (χ2n) is 5.20. The summed E-state index contributed by atoms with van der Waals surface area (Å²) in [6.45, 7) is 1.87. The lowest BCUT2D eigenvalue weighted by molar-refractivity contribution is -0.121. The first-order valence-corrected chi connectivity index (χ1v) is 7.29. The molecule has 0 heterocycles. The maximum absolute atomic E-state index is 13.2. The van der Waals surface area contributed by atoms with Crippen LogP contribution in [0.25, 0.3) is 0 Å². The number of halogens is 1. The molecular weight excluding hydrogens is 297 g/mol. The Kier molecular flexibility index (Phi) is 5.57. The largest absolute Gasteiger partial charge is 0.497 e. The molecule has 0 radical (unpaired) electrons. The third-order valence-corrected chi connectivity index (χ3v) is 3.54. The highest BCUT2D eigenvalue weighted by atomic mass is 19.1. The van der Waals surface area contributed by atoms with Crippen molar-refractivity contribution in [3.63, 3.8) is 0 Å². The van der Waals surface area contributed by atoms with E-state index in [0.717, 1.165) is 5.56 Å². The molecular formula is C18H20FNO3. The van der Waals surface area contributed by atoms with Crippen LogP contribution in [0.5, 0.6) is 11.5 Å². The Bertz CT molecular complexity index is 688. The van der Waals surface area contributed by atoms with Gasteiger partial charge in [0.1, 0.15) is 17.3 Å². The van der Waals surface area contributed by atoms with Crippen molar-refractivity contribution in [3.8, 4) is 11.5 Å². The molecule has 1 unspecified atom stereocenters. The molecule has 0 saturated heterocycles. The first-order valence-electron chi connectivity index (χ1n) is 7.29. The second kappa shape index (κ2) is 7.63. The van der Waals surface area contributed by atoms with Crippen molar-refractivity contribution >= 4 is 5.91 Å². The second-order valence-corrected chi connectivity index (χ2v) is 5.20. The lowest BCUT2D eigenvalue weighted by atomic mass is 10.1. The number of rotatable bonds is 6. The van der Waals surface area contributed by atoms with Gasteiger partial charge >= 0.3 is 0 Å². The van der Waals surface area contributed by atoms with Gasteiger partial charge in [0, 0.05) is 11.6 Å². The lowest BCUT2D eigenvalue weighted by Crippen LogP contribution is -2.28. The van der Waals surface area contributed by atoms with Crippen LogP contribution in [0.2, 0.25) is 0 Å². The molecule has 1 atom stereocenters. The number of amides is 1. The van der Waals surface area contributed by atoms with Gasteiger partial charge in [-0.15, -0.1) is 0 Å². The molecule has 0 bridgehead atoms. The fourth-order valence-corrected chi connectivity index (χ4v) is 2.38. The Labute approximate surface area is 135 Å². The Hall–Kier alpha value is -2.56. The van der Waals surface area contributed by atoms with Crippen LogP contribution in [0.15, 0.2) is 42.5 Å². The Balaban J connectivity index is 2.06. The molecule has 0 saturated carbocycles. The summed E-state index contributed by atoms with van der Waals surface area (Å²) in [7, 11) is 3.15. The Morgan fingerprint density at radius 1 is 1.17 bits per heavy atom. The predicted octanol–water partition coefficient (Wildman–Crippen LogP) is 3.26. The van der Waals surface area contributed by atoms with Crippen LogP contribution in [-0.4, -0.2) is 20.1 Å². The van der Waals surface area contributed by atoms with Crippen molar-refractivity contribution in [1.29, 1.82) is 0 Å². The molecule has 2 aromatic rings. The Morgan fingerprint density at radius 3 is 2.61 bits per heavy atom. The smallest absolute Gasteiger partial charge is 0.224 e. The quantitative estimate of drug-likeness (QED) is 0.889. The third-order valence-electron chi connectivity index (χ3n) is 3.54. The zero-order chi connectivity index (χ0) is 16.8. The number of nitrogens with one attached hydrogen (secondary N) is 1. The van der Waals surface area contributed by atoms with Gasteiger partial charge in [-0.05, 0) is 36.8 Å². The number of benzene rings is 2. The maximum atomic E-state index is 13.2. The first-order chi connectivity index (χ1) is 11.0. The molecule has 23 heavy (non-hydrogen) atoms. The van der Waals surface area contributed by atoms with E-state index in [2.05, 4.69) is 5.32 Å². The van der Waals surface area contributed by atoms with E-state index in [0.29, 0.717) is 17.1 Å². The van der Waals surface area contributed by atoms with Crippen molar-refractivity contribution in [2.24, 2.45) is 0 Å². The molecule has 122 valence electrons. The maximum Gasteiger partial charge on any atom is 0.224 e. The van der Waals surface area contributed by atoms with Gasteiger partial charge in [0.15, 0.2) is 0 Å². The highest BCUT2D eigenvalue weighted by molar-refractivity contribution is 5.79. The van der Waals surface area contributed by atoms with Gasteiger partial charge in [0.05, 0.1) is 26.7 Å². The standard InChI is InChI=1S/C18H20FNO3/c1-12(16-8-7-15(22-2)11-17(16)23-3)20-18(21)10-13-5-4-6-14(19)9-13/h4-9,11-12H,10H2,1-3H3,(H,20,21). The molecule has 2 rings (SSSR count). The summed E-state index contributed by atoms with van der Waals surface area (Å²) in [5.74, 6) is 0.799. The molecule has 4 nitrogen and oxygen atoms in total. The van der Waals surface area contributed by atoms with E-state index in [1.54, 1.807) is 32.4 Å². The van der Waals surface area contributed by atoms with Crippen molar-refractivity contribution in [2.75, 3.05) is 14.2 Å². The molecule has 1 amide bonds. The number of hydrogen-bond donors (Lipinski definition) is 1. The summed E-state index contributed by atoms with van der Waals surface area (Å²) in [6, 6.07) is 11.2. The summed E-state index contributed by atoms with van der Waals surface area (Å²) < 4.78 is 23.7. The minimum absolute atomic E-state index is 0.126. The van der Waals surface area contributed by atoms with Gasteiger partial charge < -0.3 is 14.8 Å². The fraction of sp³-hybridized carbons (Fsp3) is 0.278. The SMILES string of the molecule is COc1ccc(C(C)NC(=O)Cc2cccc(F)c2)c(OC)c1. The molecule has 0 aliphatic heterocycles. The van der Waals surface area contributed by atoms with Gasteiger partial charge in [0.25, 0.3) is 0 Å². The van der Waals surface area contributed by atoms with Crippen molar-refractivity contribution < 1.29 is 18.7 Å². The fourth-order valence-electron chi connectivity index (χ4n) is 2.38. The van der Waals surface area contributed by atoms with Crippen LogP contribution < -0.4 is 14.8 Å². The van der Waals surface area contributed by atoms with Crippen LogP contribution in [0.1, 0.15) is 24.1 Å². The van der Waals surface area contributed by atoms with E-state index >= 15 is 0 Å². The third kappa shape index (κ3) is 4.45. The predicted molar refractivity (Wildman–Crippen MR) is 86.2 cm³/mol. The molecule has 0 aliphatic carbocycles. The number of carbonyl (C=O) groups is 1. The first kappa shape index (κ1) is 16.8. The van der Waals surface area contributed by atoms with E-state index in [4.69, 9.17) is 9.47 Å². The summed E-state index contributed by atoms with van der Waals surface area (Å²) in [5, 5.41) is 2.89. The average molecular weight is 317 g/mol. The summed E-state index contributed by atoms with van der Waals surface area (Å²) >= 11 is 0. The minimum Gasteiger partial charge on any atom is -0.497 e. The summed E-state index contributed by atoms with van der Waals surface area (Å²) in [6.07, 6.45) is 0.126. The molecule has 5 heteroatoms. The number of hydrogen-bond acceptors (Lipinski definition) is 3. The van der Waals surface area contributed by atoms with Gasteiger partial charge in [-0.3, -0.25) is 4.79 Å². The van der Waals surface area contributed by atoms with Crippen LogP contribution in [-0.2, 0) is 11.2 Å². The highest BCUT2D eigenvalue weighted by Crippen LogP contribution is 2.29. The van der Waals surface area contributed by atoms with E-state index in [9.17, 15) is 9.18 Å². The monoisotopic (exact) mass is 317 g/mol. The summed E-state index contributed by atoms with van der Waals surface area (Å²) in [4.78, 5) is 12.1. The molecule has 0 aromatic heterocycles. The summed E-state index contributed by atoms with van der Waals surface area (Å²) in [5.41, 5.74) is 1.48. The van der Waals surface area contributed by atoms with Crippen molar-refractivity contribution in [1.82, 2.24) is 5.32 Å². The highest BCUT2D eigenvalue weighted by Gasteiger charge is 2.15. The van der Waals surface area contributed by atoms with E-state index in [-0.39, 0.29) is 24.2 Å². The van der Waals surface area contributed by atoms with Crippen LogP contribution in [0, 0.1) is 5.82 Å². The molecule has 0 fully saturated rings. The number of methoxy groups -OCH3 is 2. The average Bonchev–Trinajstić information content (AvgIpc) is 2.53. The van der Waals surface area contributed by atoms with Crippen LogP contribution in [0.4, 0.5) is 4.39 Å². The van der Waals surface area contributed by atoms with Crippen molar-refractivity contribution in [2.45, 2.75) is 19.4 Å². The topological polar surface area (TPSA) is 47.6 Å². The molecule has 2 aromatic carbocycles. The zero-order valence-corrected chi connectivity index (χ0v) is 13.4. The number of carbonyl (C=O) groups excluding carboxylic acids is 1. The molecule has 1 N–H and O–H groups in total. The van der Waals surface area contributed by atoms with Crippen LogP contribution >= 0.6 is 0 Å². The normalized spacial score (nSPS) is 11.7. The van der Waals surface area contributed by atoms with Gasteiger partial charge in [-0.25, -0.2) is 4.39 Å². The van der Waals surface area contributed by atoms with Gasteiger partial charge in [0.2, 0.25) is 5.91 Å². The van der Waals surface area contributed by atoms with E-state index in [1.165, 1.54) is 12.1 Å². The van der Waals surface area contributed by atoms with E-state index < -0.39 is 0 Å². The molecule has 0 aliphatic rings. The number of ether oxygens (including phenoxy) is 2. The molecule has 0 spiro atoms. The minimum atomic E-state index is -0.347. The van der Waals surface area contributed by atoms with E-state index in [1.807, 2.05) is 19.1 Å². The Morgan fingerprint density at radius 2 is 1.96 bits per heavy atom. The lowest BCUT2D eigenvalue weighted by Gasteiger charge is -2.18. The van der Waals surface area contributed by atoms with Crippen molar-refractivity contribution in [3.05, 3.63) is 59.4 Å². The van der Waals surface area contributed by atoms with Gasteiger partial charge in [-0.2, -0.15) is 0 Å². The van der Waals surface area contributed by atoms with Crippen LogP contribution in [0.3, 0.4) is 0 Å².